The summed E-state index contributed by atoms with van der Waals surface area (Å²) in [5.41, 5.74) is -1.69. The summed E-state index contributed by atoms with van der Waals surface area (Å²) >= 11 is 5.88. The number of furan rings is 1. The molecule has 116 valence electrons. The summed E-state index contributed by atoms with van der Waals surface area (Å²) in [5.74, 6) is -0.335. The van der Waals surface area contributed by atoms with Gasteiger partial charge in [-0.15, -0.1) is 0 Å². The van der Waals surface area contributed by atoms with Crippen LogP contribution in [0.15, 0.2) is 41.0 Å². The van der Waals surface area contributed by atoms with Gasteiger partial charge in [0, 0.05) is 12.1 Å². The van der Waals surface area contributed by atoms with Crippen LogP contribution in [0.25, 0.3) is 0 Å². The van der Waals surface area contributed by atoms with Gasteiger partial charge in [0.2, 0.25) is 0 Å². The van der Waals surface area contributed by atoms with Crippen LogP contribution in [0, 0.1) is 10.1 Å². The zero-order valence-electron chi connectivity index (χ0n) is 11.6. The molecule has 8 heteroatoms. The first-order valence-corrected chi connectivity index (χ1v) is 6.67. The Morgan fingerprint density at radius 1 is 1.50 bits per heavy atom. The molecule has 0 radical (unpaired) electrons. The zero-order chi connectivity index (χ0) is 16.3. The van der Waals surface area contributed by atoms with Crippen molar-refractivity contribution in [1.82, 2.24) is 5.32 Å². The first-order chi connectivity index (χ1) is 10.3. The number of rotatable bonds is 5. The van der Waals surface area contributed by atoms with Gasteiger partial charge in [0.25, 0.3) is 11.6 Å². The minimum atomic E-state index is -1.41. The Morgan fingerprint density at radius 2 is 2.23 bits per heavy atom. The Labute approximate surface area is 130 Å². The van der Waals surface area contributed by atoms with E-state index in [1.54, 1.807) is 12.1 Å². The molecule has 0 fully saturated rings. The van der Waals surface area contributed by atoms with E-state index in [4.69, 9.17) is 16.0 Å². The minimum Gasteiger partial charge on any atom is -0.466 e. The van der Waals surface area contributed by atoms with E-state index in [0.29, 0.717) is 0 Å². The topological polar surface area (TPSA) is 106 Å². The first kappa shape index (κ1) is 16.0. The molecule has 0 saturated carbocycles. The van der Waals surface area contributed by atoms with Crippen LogP contribution < -0.4 is 5.32 Å². The number of nitrogens with one attached hydrogen (secondary N) is 1. The summed E-state index contributed by atoms with van der Waals surface area (Å²) in [6.07, 6.45) is 1.41. The molecule has 0 aliphatic rings. The lowest BCUT2D eigenvalue weighted by Gasteiger charge is -2.21. The monoisotopic (exact) mass is 324 g/mol. The van der Waals surface area contributed by atoms with E-state index in [2.05, 4.69) is 5.32 Å². The molecular formula is C14H13ClN2O5. The van der Waals surface area contributed by atoms with Gasteiger partial charge in [-0.2, -0.15) is 0 Å². The number of nitrogens with zero attached hydrogens (tertiary/aromatic N) is 1. The second-order valence-corrected chi connectivity index (χ2v) is 5.26. The van der Waals surface area contributed by atoms with Gasteiger partial charge in [-0.3, -0.25) is 14.9 Å². The van der Waals surface area contributed by atoms with Gasteiger partial charge in [-0.25, -0.2) is 0 Å². The Hall–Kier alpha value is -2.38. The van der Waals surface area contributed by atoms with Crippen molar-refractivity contribution < 1.29 is 19.2 Å². The fourth-order valence-corrected chi connectivity index (χ4v) is 2.02. The van der Waals surface area contributed by atoms with E-state index in [-0.39, 0.29) is 28.6 Å². The fourth-order valence-electron chi connectivity index (χ4n) is 1.82. The number of non-ortho nitro benzene ring substituents is 1. The summed E-state index contributed by atoms with van der Waals surface area (Å²) in [7, 11) is 0. The lowest BCUT2D eigenvalue weighted by atomic mass is 10.0. The average molecular weight is 325 g/mol. The predicted octanol–water partition coefficient (Wildman–Crippen LogP) is 2.48. The van der Waals surface area contributed by atoms with Crippen molar-refractivity contribution >= 4 is 23.2 Å². The molecule has 0 bridgehead atoms. The van der Waals surface area contributed by atoms with Gasteiger partial charge < -0.3 is 14.8 Å². The van der Waals surface area contributed by atoms with Gasteiger partial charge in [0.1, 0.15) is 11.4 Å². The van der Waals surface area contributed by atoms with Crippen LogP contribution in [-0.4, -0.2) is 22.5 Å². The van der Waals surface area contributed by atoms with Gasteiger partial charge in [-0.05, 0) is 25.1 Å². The lowest BCUT2D eigenvalue weighted by Crippen LogP contribution is -2.38. The lowest BCUT2D eigenvalue weighted by molar-refractivity contribution is -0.384. The molecule has 1 aromatic carbocycles. The smallest absolute Gasteiger partial charge is 0.270 e. The summed E-state index contributed by atoms with van der Waals surface area (Å²) in [5, 5.41) is 23.5. The second-order valence-electron chi connectivity index (χ2n) is 4.86. The highest BCUT2D eigenvalue weighted by molar-refractivity contribution is 6.33. The minimum absolute atomic E-state index is 0.0360. The van der Waals surface area contributed by atoms with Crippen molar-refractivity contribution in [2.24, 2.45) is 0 Å². The average Bonchev–Trinajstić information content (AvgIpc) is 3.00. The fraction of sp³-hybridized carbons (Fsp3) is 0.214. The van der Waals surface area contributed by atoms with Gasteiger partial charge >= 0.3 is 0 Å². The molecule has 0 aliphatic carbocycles. The zero-order valence-corrected chi connectivity index (χ0v) is 12.3. The number of nitro groups is 1. The molecule has 2 N–H and O–H groups in total. The van der Waals surface area contributed by atoms with Gasteiger partial charge in [0.05, 0.1) is 28.3 Å². The molecule has 7 nitrogen and oxygen atoms in total. The van der Waals surface area contributed by atoms with Crippen LogP contribution in [0.2, 0.25) is 5.02 Å². The maximum absolute atomic E-state index is 12.1. The van der Waals surface area contributed by atoms with Gasteiger partial charge in [0.15, 0.2) is 0 Å². The van der Waals surface area contributed by atoms with Crippen LogP contribution in [-0.2, 0) is 5.60 Å². The van der Waals surface area contributed by atoms with Crippen molar-refractivity contribution in [2.45, 2.75) is 12.5 Å². The Balaban J connectivity index is 2.13. The van der Waals surface area contributed by atoms with Crippen molar-refractivity contribution in [1.29, 1.82) is 0 Å². The third kappa shape index (κ3) is 3.44. The third-order valence-corrected chi connectivity index (χ3v) is 3.38. The quantitative estimate of drug-likeness (QED) is 0.649. The van der Waals surface area contributed by atoms with Gasteiger partial charge in [-0.1, -0.05) is 11.6 Å². The van der Waals surface area contributed by atoms with E-state index in [1.807, 2.05) is 0 Å². The predicted molar refractivity (Wildman–Crippen MR) is 78.7 cm³/mol. The highest BCUT2D eigenvalue weighted by atomic mass is 35.5. The Morgan fingerprint density at radius 3 is 2.82 bits per heavy atom. The molecule has 2 aromatic rings. The number of hydrogen-bond acceptors (Lipinski definition) is 5. The van der Waals surface area contributed by atoms with E-state index in [9.17, 15) is 20.0 Å². The van der Waals surface area contributed by atoms with Crippen LogP contribution in [0.3, 0.4) is 0 Å². The normalized spacial score (nSPS) is 13.4. The Bertz CT molecular complexity index is 697. The summed E-state index contributed by atoms with van der Waals surface area (Å²) < 4.78 is 5.09. The van der Waals surface area contributed by atoms with E-state index in [0.717, 1.165) is 6.07 Å². The molecule has 2 rings (SSSR count). The number of nitro benzene ring substituents is 1. The first-order valence-electron chi connectivity index (χ1n) is 6.30. The molecule has 22 heavy (non-hydrogen) atoms. The standard InChI is InChI=1S/C14H13ClN2O5/c1-14(19,12-3-2-6-22-12)8-16-13(18)10-7-9(17(20)21)4-5-11(10)15/h2-7,19H,8H2,1H3,(H,16,18). The molecular weight excluding hydrogens is 312 g/mol. The maximum atomic E-state index is 12.1. The van der Waals surface area contributed by atoms with Crippen LogP contribution in [0.4, 0.5) is 5.69 Å². The maximum Gasteiger partial charge on any atom is 0.270 e. The molecule has 1 unspecified atom stereocenters. The summed E-state index contributed by atoms with van der Waals surface area (Å²) in [6, 6.07) is 6.76. The number of halogens is 1. The van der Waals surface area contributed by atoms with E-state index < -0.39 is 16.4 Å². The number of carbonyl (C=O) groups excluding carboxylic acids is 1. The highest BCUT2D eigenvalue weighted by Gasteiger charge is 2.27. The van der Waals surface area contributed by atoms with E-state index in [1.165, 1.54) is 25.3 Å². The molecule has 0 aliphatic heterocycles. The van der Waals surface area contributed by atoms with Crippen LogP contribution >= 0.6 is 11.6 Å². The summed E-state index contributed by atoms with van der Waals surface area (Å²) in [6.45, 7) is 1.33. The number of carbonyl (C=O) groups is 1. The van der Waals surface area contributed by atoms with Crippen molar-refractivity contribution in [2.75, 3.05) is 6.54 Å². The highest BCUT2D eigenvalue weighted by Crippen LogP contribution is 2.23. The van der Waals surface area contributed by atoms with Crippen molar-refractivity contribution in [3.05, 3.63) is 63.1 Å². The molecule has 1 heterocycles. The van der Waals surface area contributed by atoms with Crippen molar-refractivity contribution in [3.8, 4) is 0 Å². The molecule has 1 amide bonds. The van der Waals surface area contributed by atoms with Crippen LogP contribution in [0.1, 0.15) is 23.0 Å². The Kier molecular flexibility index (Phi) is 4.48. The number of amides is 1. The second kappa shape index (κ2) is 6.17. The van der Waals surface area contributed by atoms with Crippen molar-refractivity contribution in [3.63, 3.8) is 0 Å². The summed E-state index contributed by atoms with van der Waals surface area (Å²) in [4.78, 5) is 22.2. The molecule has 0 saturated heterocycles. The molecule has 0 spiro atoms. The number of hydrogen-bond donors (Lipinski definition) is 2. The number of aliphatic hydroxyl groups is 1. The van der Waals surface area contributed by atoms with Crippen LogP contribution in [0.5, 0.6) is 0 Å². The van der Waals surface area contributed by atoms with E-state index >= 15 is 0 Å². The SMILES string of the molecule is CC(O)(CNC(=O)c1cc([N+](=O)[O-])ccc1Cl)c1ccco1. The molecule has 1 atom stereocenters. The molecule has 1 aromatic heterocycles. The largest absolute Gasteiger partial charge is 0.466 e. The third-order valence-electron chi connectivity index (χ3n) is 3.05. The number of benzene rings is 1.